The fourth-order valence-corrected chi connectivity index (χ4v) is 1.40. The summed E-state index contributed by atoms with van der Waals surface area (Å²) in [5, 5.41) is 0. The standard InChI is InChI=1S/C11H10FN/c1-8-6-7-13-11(8)9-4-2-3-5-10(9)12/h2-7,13H,1H3. The zero-order valence-electron chi connectivity index (χ0n) is 7.34. The van der Waals surface area contributed by atoms with Gasteiger partial charge in [-0.3, -0.25) is 0 Å². The van der Waals surface area contributed by atoms with Crippen LogP contribution in [0.1, 0.15) is 5.56 Å². The molecule has 0 atom stereocenters. The quantitative estimate of drug-likeness (QED) is 0.685. The molecular formula is C11H10FN. The van der Waals surface area contributed by atoms with E-state index >= 15 is 0 Å². The molecule has 13 heavy (non-hydrogen) atoms. The van der Waals surface area contributed by atoms with Gasteiger partial charge in [0.05, 0.1) is 5.69 Å². The monoisotopic (exact) mass is 175 g/mol. The van der Waals surface area contributed by atoms with Gasteiger partial charge in [-0.05, 0) is 30.7 Å². The number of aromatic nitrogens is 1. The smallest absolute Gasteiger partial charge is 0.132 e. The lowest BCUT2D eigenvalue weighted by atomic mass is 10.1. The van der Waals surface area contributed by atoms with Gasteiger partial charge in [0, 0.05) is 11.8 Å². The number of benzene rings is 1. The minimum atomic E-state index is -0.187. The number of hydrogen-bond donors (Lipinski definition) is 1. The minimum absolute atomic E-state index is 0.187. The van der Waals surface area contributed by atoms with E-state index in [0.717, 1.165) is 11.3 Å². The van der Waals surface area contributed by atoms with Crippen LogP contribution >= 0.6 is 0 Å². The minimum Gasteiger partial charge on any atom is -0.361 e. The molecule has 0 saturated carbocycles. The summed E-state index contributed by atoms with van der Waals surface area (Å²) < 4.78 is 13.3. The molecule has 66 valence electrons. The Bertz CT molecular complexity index is 418. The van der Waals surface area contributed by atoms with E-state index in [-0.39, 0.29) is 5.82 Å². The van der Waals surface area contributed by atoms with Crippen molar-refractivity contribution in [2.75, 3.05) is 0 Å². The Hall–Kier alpha value is -1.57. The summed E-state index contributed by atoms with van der Waals surface area (Å²) in [6, 6.07) is 8.70. The average molecular weight is 175 g/mol. The van der Waals surface area contributed by atoms with Crippen LogP contribution in [-0.2, 0) is 0 Å². The van der Waals surface area contributed by atoms with E-state index in [9.17, 15) is 4.39 Å². The van der Waals surface area contributed by atoms with Gasteiger partial charge in [-0.15, -0.1) is 0 Å². The van der Waals surface area contributed by atoms with Crippen LogP contribution in [0.4, 0.5) is 4.39 Å². The number of aromatic amines is 1. The average Bonchev–Trinajstić information content (AvgIpc) is 2.52. The maximum absolute atomic E-state index is 13.3. The van der Waals surface area contributed by atoms with Crippen molar-refractivity contribution in [2.24, 2.45) is 0 Å². The second-order valence-corrected chi connectivity index (χ2v) is 3.02. The third-order valence-corrected chi connectivity index (χ3v) is 2.10. The summed E-state index contributed by atoms with van der Waals surface area (Å²) in [4.78, 5) is 3.02. The first kappa shape index (κ1) is 8.05. The Morgan fingerprint density at radius 3 is 2.54 bits per heavy atom. The highest BCUT2D eigenvalue weighted by Crippen LogP contribution is 2.23. The topological polar surface area (TPSA) is 15.8 Å². The van der Waals surface area contributed by atoms with Gasteiger partial charge in [0.1, 0.15) is 5.82 Å². The lowest BCUT2D eigenvalue weighted by Gasteiger charge is -2.01. The Balaban J connectivity index is 2.59. The van der Waals surface area contributed by atoms with Gasteiger partial charge in [0.25, 0.3) is 0 Å². The molecule has 0 aliphatic heterocycles. The summed E-state index contributed by atoms with van der Waals surface area (Å²) in [5.74, 6) is -0.187. The van der Waals surface area contributed by atoms with Gasteiger partial charge in [0.2, 0.25) is 0 Å². The fraction of sp³-hybridized carbons (Fsp3) is 0.0909. The van der Waals surface area contributed by atoms with Crippen molar-refractivity contribution in [1.29, 1.82) is 0 Å². The van der Waals surface area contributed by atoms with Gasteiger partial charge >= 0.3 is 0 Å². The Labute approximate surface area is 76.2 Å². The van der Waals surface area contributed by atoms with E-state index in [4.69, 9.17) is 0 Å². The molecule has 1 heterocycles. The second-order valence-electron chi connectivity index (χ2n) is 3.02. The molecule has 0 spiro atoms. The first-order valence-electron chi connectivity index (χ1n) is 4.18. The predicted octanol–water partition coefficient (Wildman–Crippen LogP) is 3.13. The van der Waals surface area contributed by atoms with Crippen LogP contribution in [0.3, 0.4) is 0 Å². The van der Waals surface area contributed by atoms with Crippen LogP contribution in [0, 0.1) is 12.7 Å². The highest BCUT2D eigenvalue weighted by Gasteiger charge is 2.06. The summed E-state index contributed by atoms with van der Waals surface area (Å²) in [6.45, 7) is 1.96. The first-order valence-corrected chi connectivity index (χ1v) is 4.18. The second kappa shape index (κ2) is 3.05. The zero-order valence-corrected chi connectivity index (χ0v) is 7.34. The maximum atomic E-state index is 13.3. The highest BCUT2D eigenvalue weighted by molar-refractivity contribution is 5.63. The largest absolute Gasteiger partial charge is 0.361 e. The van der Waals surface area contributed by atoms with E-state index in [1.807, 2.05) is 25.3 Å². The van der Waals surface area contributed by atoms with Crippen LogP contribution in [0.5, 0.6) is 0 Å². The van der Waals surface area contributed by atoms with Gasteiger partial charge in [-0.25, -0.2) is 4.39 Å². The molecule has 0 radical (unpaired) electrons. The predicted molar refractivity (Wildman–Crippen MR) is 50.9 cm³/mol. The molecule has 2 heteroatoms. The third-order valence-electron chi connectivity index (χ3n) is 2.10. The lowest BCUT2D eigenvalue weighted by molar-refractivity contribution is 0.630. The first-order chi connectivity index (χ1) is 6.29. The molecule has 0 aliphatic carbocycles. The molecule has 2 aromatic rings. The number of aryl methyl sites for hydroxylation is 1. The lowest BCUT2D eigenvalue weighted by Crippen LogP contribution is -1.84. The van der Waals surface area contributed by atoms with Crippen LogP contribution in [0.25, 0.3) is 11.3 Å². The molecule has 2 rings (SSSR count). The van der Waals surface area contributed by atoms with Crippen molar-refractivity contribution in [3.8, 4) is 11.3 Å². The normalized spacial score (nSPS) is 10.3. The Morgan fingerprint density at radius 1 is 1.15 bits per heavy atom. The molecule has 0 unspecified atom stereocenters. The molecule has 1 aromatic carbocycles. The third kappa shape index (κ3) is 1.35. The highest BCUT2D eigenvalue weighted by atomic mass is 19.1. The van der Waals surface area contributed by atoms with Crippen molar-refractivity contribution in [1.82, 2.24) is 4.98 Å². The number of halogens is 1. The molecule has 1 N–H and O–H groups in total. The molecule has 1 nitrogen and oxygen atoms in total. The summed E-state index contributed by atoms with van der Waals surface area (Å²) >= 11 is 0. The number of H-pyrrole nitrogens is 1. The summed E-state index contributed by atoms with van der Waals surface area (Å²) in [6.07, 6.45) is 1.82. The van der Waals surface area contributed by atoms with Crippen molar-refractivity contribution < 1.29 is 4.39 Å². The van der Waals surface area contributed by atoms with Gasteiger partial charge in [0.15, 0.2) is 0 Å². The fourth-order valence-electron chi connectivity index (χ4n) is 1.40. The van der Waals surface area contributed by atoms with Crippen LogP contribution in [-0.4, -0.2) is 4.98 Å². The van der Waals surface area contributed by atoms with E-state index in [1.165, 1.54) is 6.07 Å². The number of nitrogens with one attached hydrogen (secondary N) is 1. The summed E-state index contributed by atoms with van der Waals surface area (Å²) in [7, 11) is 0. The van der Waals surface area contributed by atoms with Crippen LogP contribution in [0.15, 0.2) is 36.5 Å². The van der Waals surface area contributed by atoms with Crippen LogP contribution in [0.2, 0.25) is 0 Å². The molecule has 0 fully saturated rings. The van der Waals surface area contributed by atoms with Gasteiger partial charge < -0.3 is 4.98 Å². The molecule has 0 bridgehead atoms. The molecule has 0 amide bonds. The SMILES string of the molecule is Cc1cc[nH]c1-c1ccccc1F. The molecule has 1 aromatic heterocycles. The molecule has 0 aliphatic rings. The summed E-state index contributed by atoms with van der Waals surface area (Å²) in [5.41, 5.74) is 2.55. The Kier molecular flexibility index (Phi) is 1.89. The van der Waals surface area contributed by atoms with Crippen molar-refractivity contribution >= 4 is 0 Å². The Morgan fingerprint density at radius 2 is 1.92 bits per heavy atom. The van der Waals surface area contributed by atoms with E-state index in [2.05, 4.69) is 4.98 Å². The number of hydrogen-bond acceptors (Lipinski definition) is 0. The van der Waals surface area contributed by atoms with E-state index < -0.39 is 0 Å². The van der Waals surface area contributed by atoms with Crippen molar-refractivity contribution in [2.45, 2.75) is 6.92 Å². The zero-order chi connectivity index (χ0) is 9.26. The van der Waals surface area contributed by atoms with Crippen LogP contribution < -0.4 is 0 Å². The maximum Gasteiger partial charge on any atom is 0.132 e. The molecular weight excluding hydrogens is 165 g/mol. The van der Waals surface area contributed by atoms with Gasteiger partial charge in [-0.1, -0.05) is 12.1 Å². The van der Waals surface area contributed by atoms with Crippen molar-refractivity contribution in [3.63, 3.8) is 0 Å². The van der Waals surface area contributed by atoms with E-state index in [1.54, 1.807) is 12.1 Å². The number of rotatable bonds is 1. The van der Waals surface area contributed by atoms with Gasteiger partial charge in [-0.2, -0.15) is 0 Å². The van der Waals surface area contributed by atoms with E-state index in [0.29, 0.717) is 5.56 Å². The molecule has 0 saturated heterocycles. The van der Waals surface area contributed by atoms with Crippen molar-refractivity contribution in [3.05, 3.63) is 47.9 Å².